The van der Waals surface area contributed by atoms with Crippen LogP contribution in [0.2, 0.25) is 0 Å². The molecule has 3 heteroatoms. The maximum atomic E-state index is 5.40. The van der Waals surface area contributed by atoms with E-state index in [2.05, 4.69) is 24.1 Å². The lowest BCUT2D eigenvalue weighted by atomic mass is 9.78. The number of hydrogen-bond acceptors (Lipinski definition) is 3. The Bertz CT molecular complexity index is 263. The van der Waals surface area contributed by atoms with Crippen LogP contribution in [0.4, 0.5) is 0 Å². The molecule has 1 saturated heterocycles. The number of methoxy groups -OCH3 is 1. The minimum Gasteiger partial charge on any atom is -0.383 e. The monoisotopic (exact) mass is 268 g/mol. The van der Waals surface area contributed by atoms with Crippen molar-refractivity contribution < 1.29 is 4.74 Å². The second-order valence-electron chi connectivity index (χ2n) is 6.64. The summed E-state index contributed by atoms with van der Waals surface area (Å²) in [6.07, 6.45) is 9.53. The van der Waals surface area contributed by atoms with Crippen LogP contribution in [0.15, 0.2) is 0 Å². The molecule has 3 nitrogen and oxygen atoms in total. The largest absolute Gasteiger partial charge is 0.383 e. The average Bonchev–Trinajstić information content (AvgIpc) is 2.42. The van der Waals surface area contributed by atoms with Crippen LogP contribution in [0.25, 0.3) is 0 Å². The number of ether oxygens (including phenoxy) is 1. The third-order valence-corrected chi connectivity index (χ3v) is 5.07. The average molecular weight is 268 g/mol. The SMILES string of the molecule is CCCC1CNC2(CCCCC2)CN1C(C)COC. The van der Waals surface area contributed by atoms with Crippen LogP contribution in [0.5, 0.6) is 0 Å². The summed E-state index contributed by atoms with van der Waals surface area (Å²) in [7, 11) is 1.82. The normalized spacial score (nSPS) is 29.5. The number of hydrogen-bond donors (Lipinski definition) is 1. The number of nitrogens with one attached hydrogen (secondary N) is 1. The van der Waals surface area contributed by atoms with Crippen molar-refractivity contribution in [1.29, 1.82) is 0 Å². The van der Waals surface area contributed by atoms with E-state index in [9.17, 15) is 0 Å². The van der Waals surface area contributed by atoms with Crippen molar-refractivity contribution in [2.24, 2.45) is 0 Å². The second-order valence-corrected chi connectivity index (χ2v) is 6.64. The molecule has 1 aliphatic carbocycles. The van der Waals surface area contributed by atoms with E-state index in [1.165, 1.54) is 58.0 Å². The van der Waals surface area contributed by atoms with Crippen molar-refractivity contribution in [3.8, 4) is 0 Å². The highest BCUT2D eigenvalue weighted by molar-refractivity contribution is 5.00. The standard InChI is InChI=1S/C16H32N2O/c1-4-8-15-11-17-16(9-6-5-7-10-16)13-18(15)14(2)12-19-3/h14-15,17H,4-13H2,1-3H3. The van der Waals surface area contributed by atoms with E-state index in [4.69, 9.17) is 4.74 Å². The predicted molar refractivity (Wildman–Crippen MR) is 80.6 cm³/mol. The fraction of sp³-hybridized carbons (Fsp3) is 1.00. The van der Waals surface area contributed by atoms with Gasteiger partial charge in [-0.25, -0.2) is 0 Å². The summed E-state index contributed by atoms with van der Waals surface area (Å²) in [5.41, 5.74) is 0.407. The van der Waals surface area contributed by atoms with E-state index < -0.39 is 0 Å². The molecule has 2 unspecified atom stereocenters. The van der Waals surface area contributed by atoms with E-state index in [0.29, 0.717) is 17.6 Å². The van der Waals surface area contributed by atoms with Crippen molar-refractivity contribution in [2.75, 3.05) is 26.8 Å². The first-order valence-electron chi connectivity index (χ1n) is 8.20. The molecule has 2 fully saturated rings. The Morgan fingerprint density at radius 3 is 2.68 bits per heavy atom. The van der Waals surface area contributed by atoms with Crippen LogP contribution in [0, 0.1) is 0 Å². The Morgan fingerprint density at radius 1 is 1.32 bits per heavy atom. The number of piperazine rings is 1. The highest BCUT2D eigenvalue weighted by Gasteiger charge is 2.40. The summed E-state index contributed by atoms with van der Waals surface area (Å²) in [6.45, 7) is 7.87. The molecule has 2 rings (SSSR count). The van der Waals surface area contributed by atoms with Gasteiger partial charge in [0.2, 0.25) is 0 Å². The molecule has 0 aromatic carbocycles. The van der Waals surface area contributed by atoms with Gasteiger partial charge in [0, 0.05) is 37.8 Å². The van der Waals surface area contributed by atoms with Gasteiger partial charge in [0.05, 0.1) is 6.61 Å². The second kappa shape index (κ2) is 7.05. The van der Waals surface area contributed by atoms with Crippen molar-refractivity contribution >= 4 is 0 Å². The number of rotatable bonds is 5. The quantitative estimate of drug-likeness (QED) is 0.830. The zero-order valence-corrected chi connectivity index (χ0v) is 13.1. The van der Waals surface area contributed by atoms with Gasteiger partial charge in [0.25, 0.3) is 0 Å². The predicted octanol–water partition coefficient (Wildman–Crippen LogP) is 2.80. The maximum Gasteiger partial charge on any atom is 0.0615 e. The summed E-state index contributed by atoms with van der Waals surface area (Å²) in [4.78, 5) is 2.73. The minimum atomic E-state index is 0.407. The summed E-state index contributed by atoms with van der Waals surface area (Å²) in [6, 6.07) is 1.24. The zero-order valence-electron chi connectivity index (χ0n) is 13.1. The first-order valence-corrected chi connectivity index (χ1v) is 8.20. The molecule has 0 radical (unpaired) electrons. The third kappa shape index (κ3) is 3.71. The first-order chi connectivity index (χ1) is 9.21. The van der Waals surface area contributed by atoms with Crippen LogP contribution >= 0.6 is 0 Å². The molecular weight excluding hydrogens is 236 g/mol. The molecule has 0 amide bonds. The zero-order chi connectivity index (χ0) is 13.7. The lowest BCUT2D eigenvalue weighted by Gasteiger charge is -2.51. The topological polar surface area (TPSA) is 24.5 Å². The number of nitrogens with zero attached hydrogens (tertiary/aromatic N) is 1. The summed E-state index contributed by atoms with van der Waals surface area (Å²) in [5, 5.41) is 3.91. The minimum absolute atomic E-state index is 0.407. The van der Waals surface area contributed by atoms with Crippen molar-refractivity contribution in [3.05, 3.63) is 0 Å². The molecule has 1 saturated carbocycles. The van der Waals surface area contributed by atoms with Gasteiger partial charge >= 0.3 is 0 Å². The Kier molecular flexibility index (Phi) is 5.67. The lowest BCUT2D eigenvalue weighted by Crippen LogP contribution is -2.66. The summed E-state index contributed by atoms with van der Waals surface area (Å²) in [5.74, 6) is 0. The Balaban J connectivity index is 2.03. The third-order valence-electron chi connectivity index (χ3n) is 5.07. The molecule has 19 heavy (non-hydrogen) atoms. The van der Waals surface area contributed by atoms with Gasteiger partial charge in [0.1, 0.15) is 0 Å². The Hall–Kier alpha value is -0.120. The molecule has 1 N–H and O–H groups in total. The Morgan fingerprint density at radius 2 is 2.05 bits per heavy atom. The van der Waals surface area contributed by atoms with E-state index >= 15 is 0 Å². The fourth-order valence-electron chi connectivity index (χ4n) is 4.00. The van der Waals surface area contributed by atoms with Crippen LogP contribution in [0.3, 0.4) is 0 Å². The molecule has 0 aromatic heterocycles. The highest BCUT2D eigenvalue weighted by atomic mass is 16.5. The lowest BCUT2D eigenvalue weighted by molar-refractivity contribution is 0.0000894. The van der Waals surface area contributed by atoms with Gasteiger partial charge in [-0.05, 0) is 26.2 Å². The van der Waals surface area contributed by atoms with Crippen LogP contribution in [-0.2, 0) is 4.74 Å². The molecule has 1 spiro atoms. The molecule has 112 valence electrons. The van der Waals surface area contributed by atoms with Gasteiger partial charge in [-0.1, -0.05) is 32.6 Å². The molecule has 1 heterocycles. The molecular formula is C16H32N2O. The maximum absolute atomic E-state index is 5.40. The molecule has 1 aliphatic heterocycles. The van der Waals surface area contributed by atoms with Gasteiger partial charge in [-0.15, -0.1) is 0 Å². The van der Waals surface area contributed by atoms with Gasteiger partial charge in [-0.2, -0.15) is 0 Å². The fourth-order valence-corrected chi connectivity index (χ4v) is 4.00. The molecule has 0 aromatic rings. The van der Waals surface area contributed by atoms with Crippen LogP contribution < -0.4 is 5.32 Å². The Labute approximate surface area is 119 Å². The molecule has 0 bridgehead atoms. The van der Waals surface area contributed by atoms with Gasteiger partial charge < -0.3 is 10.1 Å². The van der Waals surface area contributed by atoms with Crippen molar-refractivity contribution in [1.82, 2.24) is 10.2 Å². The van der Waals surface area contributed by atoms with E-state index in [1.807, 2.05) is 7.11 Å². The van der Waals surface area contributed by atoms with E-state index in [1.54, 1.807) is 0 Å². The van der Waals surface area contributed by atoms with E-state index in [-0.39, 0.29) is 0 Å². The van der Waals surface area contributed by atoms with Crippen LogP contribution in [0.1, 0.15) is 58.8 Å². The summed E-state index contributed by atoms with van der Waals surface area (Å²) >= 11 is 0. The summed E-state index contributed by atoms with van der Waals surface area (Å²) < 4.78 is 5.40. The molecule has 2 atom stereocenters. The van der Waals surface area contributed by atoms with Crippen molar-refractivity contribution in [3.63, 3.8) is 0 Å². The highest BCUT2D eigenvalue weighted by Crippen LogP contribution is 2.33. The van der Waals surface area contributed by atoms with Crippen molar-refractivity contribution in [2.45, 2.75) is 76.4 Å². The van der Waals surface area contributed by atoms with Gasteiger partial charge in [-0.3, -0.25) is 4.90 Å². The van der Waals surface area contributed by atoms with Gasteiger partial charge in [0.15, 0.2) is 0 Å². The first kappa shape index (κ1) is 15.3. The van der Waals surface area contributed by atoms with Crippen LogP contribution in [-0.4, -0.2) is 49.3 Å². The van der Waals surface area contributed by atoms with E-state index in [0.717, 1.165) is 6.61 Å². The molecule has 2 aliphatic rings. The smallest absolute Gasteiger partial charge is 0.0615 e.